The first-order chi connectivity index (χ1) is 12.3. The topological polar surface area (TPSA) is 62.1 Å². The van der Waals surface area contributed by atoms with Gasteiger partial charge >= 0.3 is 6.18 Å². The molecule has 0 spiro atoms. The number of hydrogen-bond acceptors (Lipinski definition) is 5. The highest BCUT2D eigenvalue weighted by Gasteiger charge is 2.36. The van der Waals surface area contributed by atoms with E-state index in [2.05, 4.69) is 15.0 Å². The maximum absolute atomic E-state index is 12.4. The molecule has 0 atom stereocenters. The van der Waals surface area contributed by atoms with Crippen LogP contribution in [0.25, 0.3) is 0 Å². The van der Waals surface area contributed by atoms with Gasteiger partial charge < -0.3 is 10.0 Å². The van der Waals surface area contributed by atoms with Crippen LogP contribution >= 0.6 is 0 Å². The minimum absolute atomic E-state index is 0.163. The number of hydrogen-bond donors (Lipinski definition) is 1. The van der Waals surface area contributed by atoms with Crippen LogP contribution in [0.3, 0.4) is 0 Å². The number of rotatable bonds is 4. The molecule has 0 amide bonds. The Morgan fingerprint density at radius 2 is 1.88 bits per heavy atom. The normalized spacial score (nSPS) is 17.3. The number of piperidine rings is 1. The van der Waals surface area contributed by atoms with Crippen molar-refractivity contribution in [2.24, 2.45) is 0 Å². The van der Waals surface area contributed by atoms with Crippen LogP contribution < -0.4 is 4.90 Å². The molecule has 2 aromatic heterocycles. The summed E-state index contributed by atoms with van der Waals surface area (Å²) in [6, 6.07) is 5.25. The van der Waals surface area contributed by atoms with E-state index >= 15 is 0 Å². The van der Waals surface area contributed by atoms with Crippen molar-refractivity contribution >= 4 is 5.95 Å². The molecule has 140 valence electrons. The van der Waals surface area contributed by atoms with E-state index in [0.29, 0.717) is 43.3 Å². The number of halogens is 3. The quantitative estimate of drug-likeness (QED) is 0.901. The van der Waals surface area contributed by atoms with Gasteiger partial charge in [-0.2, -0.15) is 13.2 Å². The van der Waals surface area contributed by atoms with Crippen molar-refractivity contribution in [2.45, 2.75) is 44.4 Å². The van der Waals surface area contributed by atoms with E-state index in [1.165, 1.54) is 12.3 Å². The van der Waals surface area contributed by atoms with Crippen molar-refractivity contribution in [3.05, 3.63) is 47.5 Å². The highest BCUT2D eigenvalue weighted by molar-refractivity contribution is 5.32. The zero-order valence-electron chi connectivity index (χ0n) is 14.5. The lowest BCUT2D eigenvalue weighted by atomic mass is 9.87. The Hall–Kier alpha value is -2.22. The summed E-state index contributed by atoms with van der Waals surface area (Å²) in [7, 11) is 0. The molecule has 1 fully saturated rings. The Labute approximate surface area is 149 Å². The van der Waals surface area contributed by atoms with Crippen molar-refractivity contribution in [1.82, 2.24) is 15.0 Å². The van der Waals surface area contributed by atoms with Crippen molar-refractivity contribution in [1.29, 1.82) is 0 Å². The Balaban J connectivity index is 1.65. The number of nitrogens with zero attached hydrogens (tertiary/aromatic N) is 4. The molecule has 5 nitrogen and oxygen atoms in total. The summed E-state index contributed by atoms with van der Waals surface area (Å²) in [4.78, 5) is 14.6. The monoisotopic (exact) mass is 366 g/mol. The number of aryl methyl sites for hydroxylation is 2. The average Bonchev–Trinajstić information content (AvgIpc) is 2.61. The fourth-order valence-electron chi connectivity index (χ4n) is 3.02. The summed E-state index contributed by atoms with van der Waals surface area (Å²) < 4.78 is 37.1. The van der Waals surface area contributed by atoms with Gasteiger partial charge in [-0.15, -0.1) is 0 Å². The number of aromatic nitrogens is 3. The van der Waals surface area contributed by atoms with E-state index in [1.807, 2.05) is 24.0 Å². The molecule has 3 heterocycles. The second-order valence-corrected chi connectivity index (χ2v) is 6.70. The predicted molar refractivity (Wildman–Crippen MR) is 90.7 cm³/mol. The maximum atomic E-state index is 12.4. The molecule has 1 aliphatic rings. The van der Waals surface area contributed by atoms with E-state index in [0.717, 1.165) is 5.56 Å². The third-order valence-electron chi connectivity index (χ3n) is 4.63. The van der Waals surface area contributed by atoms with Gasteiger partial charge in [0, 0.05) is 37.6 Å². The minimum atomic E-state index is -4.20. The highest BCUT2D eigenvalue weighted by Crippen LogP contribution is 2.32. The SMILES string of the molecule is Cc1ccc(C2(O)CCN(c3nccc(CCC(F)(F)F)n3)CC2)nc1. The largest absolute Gasteiger partial charge is 0.389 e. The molecule has 2 aromatic rings. The molecule has 26 heavy (non-hydrogen) atoms. The fraction of sp³-hybridized carbons (Fsp3) is 0.500. The smallest absolute Gasteiger partial charge is 0.383 e. The minimum Gasteiger partial charge on any atom is -0.383 e. The number of pyridine rings is 1. The standard InChI is InChI=1S/C18H21F3N4O/c1-13-2-3-15(23-12-13)17(26)7-10-25(11-8-17)16-22-9-5-14(24-16)4-6-18(19,20)21/h2-3,5,9,12,26H,4,6-8,10-11H2,1H3. The van der Waals surface area contributed by atoms with Gasteiger partial charge in [-0.3, -0.25) is 4.98 Å². The maximum Gasteiger partial charge on any atom is 0.389 e. The lowest BCUT2D eigenvalue weighted by Crippen LogP contribution is -2.43. The van der Waals surface area contributed by atoms with Crippen LogP contribution in [-0.2, 0) is 12.0 Å². The van der Waals surface area contributed by atoms with Crippen molar-refractivity contribution < 1.29 is 18.3 Å². The van der Waals surface area contributed by atoms with E-state index in [4.69, 9.17) is 0 Å². The van der Waals surface area contributed by atoms with Gasteiger partial charge in [0.2, 0.25) is 5.95 Å². The molecule has 1 aliphatic heterocycles. The molecule has 0 unspecified atom stereocenters. The molecule has 0 bridgehead atoms. The molecule has 0 saturated carbocycles. The van der Waals surface area contributed by atoms with Crippen LogP contribution in [0.1, 0.15) is 36.2 Å². The van der Waals surface area contributed by atoms with E-state index in [1.54, 1.807) is 6.20 Å². The molecule has 0 aromatic carbocycles. The number of anilines is 1. The molecule has 1 N–H and O–H groups in total. The molecule has 3 rings (SSSR count). The zero-order valence-corrected chi connectivity index (χ0v) is 14.5. The molecule has 8 heteroatoms. The lowest BCUT2D eigenvalue weighted by molar-refractivity contribution is -0.134. The lowest BCUT2D eigenvalue weighted by Gasteiger charge is -2.37. The van der Waals surface area contributed by atoms with Gasteiger partial charge in [0.05, 0.1) is 5.69 Å². The summed E-state index contributed by atoms with van der Waals surface area (Å²) in [5, 5.41) is 10.9. The van der Waals surface area contributed by atoms with Crippen molar-refractivity contribution in [3.63, 3.8) is 0 Å². The first-order valence-corrected chi connectivity index (χ1v) is 8.54. The van der Waals surface area contributed by atoms with Gasteiger partial charge in [0.25, 0.3) is 0 Å². The summed E-state index contributed by atoms with van der Waals surface area (Å²) >= 11 is 0. The molecule has 1 saturated heterocycles. The van der Waals surface area contributed by atoms with Gasteiger partial charge in [-0.05, 0) is 43.9 Å². The molecule has 0 radical (unpaired) electrons. The summed E-state index contributed by atoms with van der Waals surface area (Å²) in [6.45, 7) is 2.95. The van der Waals surface area contributed by atoms with Crippen LogP contribution in [-0.4, -0.2) is 39.3 Å². The van der Waals surface area contributed by atoms with Crippen LogP contribution in [0.2, 0.25) is 0 Å². The second-order valence-electron chi connectivity index (χ2n) is 6.70. The summed E-state index contributed by atoms with van der Waals surface area (Å²) in [5.41, 5.74) is 1.03. The van der Waals surface area contributed by atoms with Gasteiger partial charge in [-0.1, -0.05) is 6.07 Å². The Morgan fingerprint density at radius 1 is 1.15 bits per heavy atom. The molecule has 0 aliphatic carbocycles. The van der Waals surface area contributed by atoms with Crippen LogP contribution in [0, 0.1) is 6.92 Å². The van der Waals surface area contributed by atoms with Crippen LogP contribution in [0.4, 0.5) is 19.1 Å². The van der Waals surface area contributed by atoms with Gasteiger partial charge in [0.1, 0.15) is 5.60 Å². The zero-order chi connectivity index (χ0) is 18.8. The Bertz CT molecular complexity index is 741. The van der Waals surface area contributed by atoms with Gasteiger partial charge in [0.15, 0.2) is 0 Å². The predicted octanol–water partition coefficient (Wildman–Crippen LogP) is 3.16. The van der Waals surface area contributed by atoms with Gasteiger partial charge in [-0.25, -0.2) is 9.97 Å². The highest BCUT2D eigenvalue weighted by atomic mass is 19.4. The number of aliphatic hydroxyl groups is 1. The van der Waals surface area contributed by atoms with Crippen molar-refractivity contribution in [2.75, 3.05) is 18.0 Å². The Morgan fingerprint density at radius 3 is 2.50 bits per heavy atom. The summed E-state index contributed by atoms with van der Waals surface area (Å²) in [6.07, 6.45) is -1.14. The fourth-order valence-corrected chi connectivity index (χ4v) is 3.02. The van der Waals surface area contributed by atoms with Crippen LogP contribution in [0.5, 0.6) is 0 Å². The molecular weight excluding hydrogens is 345 g/mol. The van der Waals surface area contributed by atoms with E-state index < -0.39 is 18.2 Å². The third kappa shape index (κ3) is 4.49. The van der Waals surface area contributed by atoms with Crippen molar-refractivity contribution in [3.8, 4) is 0 Å². The second kappa shape index (κ2) is 7.19. The average molecular weight is 366 g/mol. The summed E-state index contributed by atoms with van der Waals surface area (Å²) in [5.74, 6) is 0.406. The number of alkyl halides is 3. The molecular formula is C18H21F3N4O. The third-order valence-corrected chi connectivity index (χ3v) is 4.63. The first kappa shape index (κ1) is 18.6. The first-order valence-electron chi connectivity index (χ1n) is 8.54. The van der Waals surface area contributed by atoms with E-state index in [9.17, 15) is 18.3 Å². The van der Waals surface area contributed by atoms with E-state index in [-0.39, 0.29) is 6.42 Å². The van der Waals surface area contributed by atoms with Crippen LogP contribution in [0.15, 0.2) is 30.6 Å². The Kier molecular flexibility index (Phi) is 5.13.